The lowest BCUT2D eigenvalue weighted by Crippen LogP contribution is -2.28. The Labute approximate surface area is 87.3 Å². The molecule has 1 atom stereocenters. The van der Waals surface area contributed by atoms with Crippen molar-refractivity contribution >= 4 is 6.03 Å². The van der Waals surface area contributed by atoms with E-state index in [2.05, 4.69) is 10.3 Å². The Hall–Kier alpha value is -2.09. The van der Waals surface area contributed by atoms with Crippen LogP contribution in [0.1, 0.15) is 11.6 Å². The van der Waals surface area contributed by atoms with E-state index in [-0.39, 0.29) is 18.6 Å². The first-order valence-electron chi connectivity index (χ1n) is 4.63. The molecule has 0 aromatic carbocycles. The maximum atomic E-state index is 11.4. The number of amides is 2. The second-order valence-corrected chi connectivity index (χ2v) is 3.32. The van der Waals surface area contributed by atoms with Crippen LogP contribution in [0.25, 0.3) is 0 Å². The number of pyridine rings is 1. The summed E-state index contributed by atoms with van der Waals surface area (Å²) in [6.45, 7) is 0.670. The van der Waals surface area contributed by atoms with Crippen LogP contribution in [-0.2, 0) is 0 Å². The van der Waals surface area contributed by atoms with E-state index in [9.17, 15) is 4.79 Å². The molecular formula is C10H10N4O. The highest BCUT2D eigenvalue weighted by molar-refractivity contribution is 5.77. The Balaban J connectivity index is 2.10. The van der Waals surface area contributed by atoms with Crippen LogP contribution in [-0.4, -0.2) is 29.0 Å². The van der Waals surface area contributed by atoms with Gasteiger partial charge in [-0.25, -0.2) is 4.79 Å². The van der Waals surface area contributed by atoms with Crippen LogP contribution in [0.5, 0.6) is 0 Å². The molecule has 1 saturated heterocycles. The summed E-state index contributed by atoms with van der Waals surface area (Å²) in [5.74, 6) is 0. The molecule has 1 aromatic rings. The van der Waals surface area contributed by atoms with E-state index in [0.717, 1.165) is 5.56 Å². The molecule has 5 heteroatoms. The average Bonchev–Trinajstić information content (AvgIpc) is 2.63. The van der Waals surface area contributed by atoms with Crippen LogP contribution < -0.4 is 5.32 Å². The third kappa shape index (κ3) is 1.89. The summed E-state index contributed by atoms with van der Waals surface area (Å²) >= 11 is 0. The van der Waals surface area contributed by atoms with Gasteiger partial charge in [0.25, 0.3) is 0 Å². The molecule has 15 heavy (non-hydrogen) atoms. The zero-order chi connectivity index (χ0) is 10.7. The lowest BCUT2D eigenvalue weighted by Gasteiger charge is -2.09. The minimum Gasteiger partial charge on any atom is -0.329 e. The highest BCUT2D eigenvalue weighted by atomic mass is 16.2. The third-order valence-corrected chi connectivity index (χ3v) is 2.36. The summed E-state index contributed by atoms with van der Waals surface area (Å²) in [6.07, 6.45) is 3.38. The molecule has 1 aromatic heterocycles. The molecule has 0 saturated carbocycles. The second kappa shape index (κ2) is 3.96. The number of hydrogen-bond donors (Lipinski definition) is 1. The van der Waals surface area contributed by atoms with Gasteiger partial charge in [0.2, 0.25) is 0 Å². The van der Waals surface area contributed by atoms with Gasteiger partial charge >= 0.3 is 6.03 Å². The summed E-state index contributed by atoms with van der Waals surface area (Å²) < 4.78 is 0. The maximum Gasteiger partial charge on any atom is 0.318 e. The Kier molecular flexibility index (Phi) is 2.50. The van der Waals surface area contributed by atoms with Crippen molar-refractivity contribution in [1.82, 2.24) is 15.2 Å². The minimum atomic E-state index is -0.182. The van der Waals surface area contributed by atoms with Gasteiger partial charge in [0.1, 0.15) is 6.54 Å². The molecule has 2 amide bonds. The fourth-order valence-corrected chi connectivity index (χ4v) is 1.60. The monoisotopic (exact) mass is 202 g/mol. The quantitative estimate of drug-likeness (QED) is 0.716. The van der Waals surface area contributed by atoms with Crippen molar-refractivity contribution in [1.29, 1.82) is 5.26 Å². The number of rotatable bonds is 2. The second-order valence-electron chi connectivity index (χ2n) is 3.32. The van der Waals surface area contributed by atoms with E-state index >= 15 is 0 Å². The van der Waals surface area contributed by atoms with Gasteiger partial charge in [-0.2, -0.15) is 5.26 Å². The molecule has 1 unspecified atom stereocenters. The number of aromatic nitrogens is 1. The molecule has 0 aliphatic carbocycles. The molecule has 5 nitrogen and oxygen atoms in total. The normalized spacial score (nSPS) is 19.8. The van der Waals surface area contributed by atoms with Gasteiger partial charge in [0, 0.05) is 18.9 Å². The van der Waals surface area contributed by atoms with E-state index < -0.39 is 0 Å². The number of carbonyl (C=O) groups is 1. The lowest BCUT2D eigenvalue weighted by molar-refractivity contribution is 0.222. The van der Waals surface area contributed by atoms with Crippen molar-refractivity contribution in [3.05, 3.63) is 30.1 Å². The number of nitrogens with zero attached hydrogens (tertiary/aromatic N) is 3. The summed E-state index contributed by atoms with van der Waals surface area (Å²) in [4.78, 5) is 16.8. The fraction of sp³-hybridized carbons (Fsp3) is 0.300. The largest absolute Gasteiger partial charge is 0.329 e. The third-order valence-electron chi connectivity index (χ3n) is 2.36. The van der Waals surface area contributed by atoms with Gasteiger partial charge in [-0.15, -0.1) is 0 Å². The standard InChI is InChI=1S/C10H10N4O/c11-3-6-14-7-9(13-10(14)15)8-1-4-12-5-2-8/h1-2,4-5,9H,6-7H2,(H,13,15). The zero-order valence-corrected chi connectivity index (χ0v) is 8.05. The van der Waals surface area contributed by atoms with E-state index in [1.807, 2.05) is 18.2 Å². The number of urea groups is 1. The first kappa shape index (κ1) is 9.46. The van der Waals surface area contributed by atoms with Crippen LogP contribution in [0.4, 0.5) is 4.79 Å². The van der Waals surface area contributed by atoms with Crippen molar-refractivity contribution in [2.24, 2.45) is 0 Å². The molecule has 1 fully saturated rings. The van der Waals surface area contributed by atoms with Gasteiger partial charge in [-0.3, -0.25) is 4.98 Å². The summed E-state index contributed by atoms with van der Waals surface area (Å²) in [5.41, 5.74) is 1.01. The van der Waals surface area contributed by atoms with Gasteiger partial charge in [-0.1, -0.05) is 0 Å². The van der Waals surface area contributed by atoms with Crippen LogP contribution in [0.15, 0.2) is 24.5 Å². The first-order chi connectivity index (χ1) is 7.31. The predicted octanol–water partition coefficient (Wildman–Crippen LogP) is 0.671. The van der Waals surface area contributed by atoms with E-state index in [1.54, 1.807) is 12.4 Å². The topological polar surface area (TPSA) is 69.0 Å². The first-order valence-corrected chi connectivity index (χ1v) is 4.63. The summed E-state index contributed by atoms with van der Waals surface area (Å²) in [5, 5.41) is 11.3. The van der Waals surface area contributed by atoms with E-state index in [0.29, 0.717) is 6.54 Å². The SMILES string of the molecule is N#CCN1CC(c2ccncc2)NC1=O. The van der Waals surface area contributed by atoms with Gasteiger partial charge in [0.05, 0.1) is 12.1 Å². The van der Waals surface area contributed by atoms with Gasteiger partial charge < -0.3 is 10.2 Å². The van der Waals surface area contributed by atoms with Crippen LogP contribution >= 0.6 is 0 Å². The number of nitriles is 1. The summed E-state index contributed by atoms with van der Waals surface area (Å²) in [7, 11) is 0. The van der Waals surface area contributed by atoms with Gasteiger partial charge in [0.15, 0.2) is 0 Å². The maximum absolute atomic E-state index is 11.4. The molecule has 1 aliphatic rings. The Bertz CT molecular complexity index is 398. The molecule has 0 radical (unpaired) electrons. The molecule has 2 rings (SSSR count). The predicted molar refractivity (Wildman–Crippen MR) is 52.7 cm³/mol. The Morgan fingerprint density at radius 3 is 3.00 bits per heavy atom. The van der Waals surface area contributed by atoms with Crippen molar-refractivity contribution < 1.29 is 4.79 Å². The van der Waals surface area contributed by atoms with Crippen LogP contribution in [0.2, 0.25) is 0 Å². The number of carbonyl (C=O) groups excluding carboxylic acids is 1. The molecule has 1 N–H and O–H groups in total. The van der Waals surface area contributed by atoms with E-state index in [4.69, 9.17) is 5.26 Å². The lowest BCUT2D eigenvalue weighted by atomic mass is 10.1. The molecule has 2 heterocycles. The number of nitrogens with one attached hydrogen (secondary N) is 1. The summed E-state index contributed by atoms with van der Waals surface area (Å²) in [6, 6.07) is 5.47. The average molecular weight is 202 g/mol. The highest BCUT2D eigenvalue weighted by Crippen LogP contribution is 2.18. The van der Waals surface area contributed by atoms with E-state index in [1.165, 1.54) is 4.90 Å². The Morgan fingerprint density at radius 2 is 2.33 bits per heavy atom. The fourth-order valence-electron chi connectivity index (χ4n) is 1.60. The van der Waals surface area contributed by atoms with Crippen molar-refractivity contribution in [3.8, 4) is 6.07 Å². The highest BCUT2D eigenvalue weighted by Gasteiger charge is 2.28. The Morgan fingerprint density at radius 1 is 1.60 bits per heavy atom. The van der Waals surface area contributed by atoms with Gasteiger partial charge in [-0.05, 0) is 17.7 Å². The minimum absolute atomic E-state index is 0.0335. The molecule has 0 spiro atoms. The number of hydrogen-bond acceptors (Lipinski definition) is 3. The molecular weight excluding hydrogens is 192 g/mol. The molecule has 1 aliphatic heterocycles. The smallest absolute Gasteiger partial charge is 0.318 e. The van der Waals surface area contributed by atoms with Crippen molar-refractivity contribution in [3.63, 3.8) is 0 Å². The zero-order valence-electron chi connectivity index (χ0n) is 8.05. The van der Waals surface area contributed by atoms with Crippen LogP contribution in [0.3, 0.4) is 0 Å². The van der Waals surface area contributed by atoms with Crippen molar-refractivity contribution in [2.45, 2.75) is 6.04 Å². The molecule has 76 valence electrons. The van der Waals surface area contributed by atoms with Crippen LogP contribution in [0, 0.1) is 11.3 Å². The molecule has 0 bridgehead atoms. The van der Waals surface area contributed by atoms with Crippen molar-refractivity contribution in [2.75, 3.05) is 13.1 Å².